The van der Waals surface area contributed by atoms with E-state index < -0.39 is 0 Å². The maximum absolute atomic E-state index is 12.6. The fourth-order valence-electron chi connectivity index (χ4n) is 2.77. The van der Waals surface area contributed by atoms with Crippen molar-refractivity contribution in [2.75, 3.05) is 27.4 Å². The van der Waals surface area contributed by atoms with Crippen molar-refractivity contribution in [1.29, 1.82) is 0 Å². The van der Waals surface area contributed by atoms with E-state index in [1.165, 1.54) is 0 Å². The number of amides is 1. The summed E-state index contributed by atoms with van der Waals surface area (Å²) < 4.78 is 16.0. The van der Waals surface area contributed by atoms with E-state index in [1.807, 2.05) is 24.3 Å². The van der Waals surface area contributed by atoms with Crippen molar-refractivity contribution in [1.82, 2.24) is 10.3 Å². The predicted molar refractivity (Wildman–Crippen MR) is 104 cm³/mol. The molecular weight excluding hydrogens is 346 g/mol. The smallest absolute Gasteiger partial charge is 0.255 e. The summed E-state index contributed by atoms with van der Waals surface area (Å²) in [7, 11) is 3.20. The topological polar surface area (TPSA) is 98.6 Å². The van der Waals surface area contributed by atoms with Crippen LogP contribution in [0.5, 0.6) is 17.2 Å². The predicted octanol–water partition coefficient (Wildman–Crippen LogP) is 2.45. The number of hydrogen-bond acceptors (Lipinski definition) is 5. The highest BCUT2D eigenvalue weighted by molar-refractivity contribution is 5.97. The molecule has 0 radical (unpaired) electrons. The molecular formula is C20H23N3O4. The Hall–Kier alpha value is -3.19. The monoisotopic (exact) mass is 369 g/mol. The van der Waals surface area contributed by atoms with Crippen LogP contribution in [-0.4, -0.2) is 38.3 Å². The van der Waals surface area contributed by atoms with Crippen LogP contribution in [0.2, 0.25) is 0 Å². The fourth-order valence-corrected chi connectivity index (χ4v) is 2.77. The zero-order chi connectivity index (χ0) is 19.2. The minimum absolute atomic E-state index is 0.235. The summed E-state index contributed by atoms with van der Waals surface area (Å²) >= 11 is 0. The Labute approximate surface area is 157 Å². The van der Waals surface area contributed by atoms with Crippen molar-refractivity contribution in [3.8, 4) is 17.2 Å². The van der Waals surface area contributed by atoms with Gasteiger partial charge in [0.2, 0.25) is 0 Å². The Kier molecular flexibility index (Phi) is 5.83. The van der Waals surface area contributed by atoms with Gasteiger partial charge in [0.05, 0.1) is 26.3 Å². The molecule has 4 N–H and O–H groups in total. The van der Waals surface area contributed by atoms with Gasteiger partial charge >= 0.3 is 0 Å². The number of nitrogens with two attached hydrogens (primary N) is 1. The summed E-state index contributed by atoms with van der Waals surface area (Å²) in [6, 6.07) is 12.8. The molecule has 1 aromatic heterocycles. The zero-order valence-corrected chi connectivity index (χ0v) is 15.4. The summed E-state index contributed by atoms with van der Waals surface area (Å²) in [5.41, 5.74) is 7.80. The van der Waals surface area contributed by atoms with Gasteiger partial charge in [-0.1, -0.05) is 0 Å². The number of benzene rings is 2. The summed E-state index contributed by atoms with van der Waals surface area (Å²) in [5.74, 6) is 1.61. The van der Waals surface area contributed by atoms with Crippen LogP contribution in [0.1, 0.15) is 16.1 Å². The normalized spacial score (nSPS) is 10.6. The van der Waals surface area contributed by atoms with Crippen LogP contribution in [0, 0.1) is 0 Å². The quantitative estimate of drug-likeness (QED) is 0.566. The molecule has 0 aliphatic carbocycles. The molecule has 0 atom stereocenters. The SMILES string of the molecule is COc1ccc(C(=O)NCc2cc3cc(OC)ccc3[nH]2)c(OCCN)c1. The van der Waals surface area contributed by atoms with E-state index >= 15 is 0 Å². The first-order chi connectivity index (χ1) is 13.1. The third kappa shape index (κ3) is 4.32. The standard InChI is InChI=1S/C20H23N3O4/c1-25-15-4-6-18-13(10-15)9-14(23-18)12-22-20(24)17-5-3-16(26-2)11-19(17)27-8-7-21/h3-6,9-11,23H,7-8,12,21H2,1-2H3,(H,22,24). The van der Waals surface area contributed by atoms with Gasteiger partial charge in [-0.25, -0.2) is 0 Å². The number of fused-ring (bicyclic) bond motifs is 1. The third-order valence-corrected chi connectivity index (χ3v) is 4.13. The van der Waals surface area contributed by atoms with Gasteiger partial charge in [-0.3, -0.25) is 4.79 Å². The minimum atomic E-state index is -0.235. The highest BCUT2D eigenvalue weighted by Crippen LogP contribution is 2.25. The highest BCUT2D eigenvalue weighted by atomic mass is 16.5. The summed E-state index contributed by atoms with van der Waals surface area (Å²) in [6.07, 6.45) is 0. The van der Waals surface area contributed by atoms with Crippen LogP contribution in [0.3, 0.4) is 0 Å². The van der Waals surface area contributed by atoms with E-state index in [0.717, 1.165) is 22.3 Å². The zero-order valence-electron chi connectivity index (χ0n) is 15.4. The number of H-pyrrole nitrogens is 1. The van der Waals surface area contributed by atoms with Gasteiger partial charge in [0.15, 0.2) is 0 Å². The van der Waals surface area contributed by atoms with E-state index in [9.17, 15) is 4.79 Å². The molecule has 0 spiro atoms. The first kappa shape index (κ1) is 18.6. The molecule has 27 heavy (non-hydrogen) atoms. The Bertz CT molecular complexity index is 936. The number of aromatic amines is 1. The number of rotatable bonds is 8. The minimum Gasteiger partial charge on any atom is -0.497 e. The molecule has 1 heterocycles. The molecule has 3 rings (SSSR count). The lowest BCUT2D eigenvalue weighted by Crippen LogP contribution is -2.24. The molecule has 0 fully saturated rings. The number of nitrogens with one attached hydrogen (secondary N) is 2. The molecule has 0 saturated heterocycles. The maximum atomic E-state index is 12.6. The first-order valence-electron chi connectivity index (χ1n) is 8.59. The lowest BCUT2D eigenvalue weighted by atomic mass is 10.1. The highest BCUT2D eigenvalue weighted by Gasteiger charge is 2.14. The Morgan fingerprint density at radius 1 is 1.07 bits per heavy atom. The van der Waals surface area contributed by atoms with Crippen molar-refractivity contribution in [3.05, 3.63) is 53.7 Å². The molecule has 1 amide bonds. The number of carbonyl (C=O) groups is 1. The van der Waals surface area contributed by atoms with E-state index in [0.29, 0.717) is 36.8 Å². The number of ether oxygens (including phenoxy) is 3. The average Bonchev–Trinajstić information content (AvgIpc) is 3.12. The van der Waals surface area contributed by atoms with E-state index in [2.05, 4.69) is 10.3 Å². The Morgan fingerprint density at radius 3 is 2.56 bits per heavy atom. The van der Waals surface area contributed by atoms with Crippen molar-refractivity contribution in [2.45, 2.75) is 6.54 Å². The largest absolute Gasteiger partial charge is 0.497 e. The number of hydrogen-bond donors (Lipinski definition) is 3. The van der Waals surface area contributed by atoms with Crippen LogP contribution in [0.4, 0.5) is 0 Å². The lowest BCUT2D eigenvalue weighted by Gasteiger charge is -2.12. The first-order valence-corrected chi connectivity index (χ1v) is 8.59. The van der Waals surface area contributed by atoms with E-state index in [4.69, 9.17) is 19.9 Å². The molecule has 0 aliphatic heterocycles. The molecule has 0 bridgehead atoms. The molecule has 7 heteroatoms. The van der Waals surface area contributed by atoms with Gasteiger partial charge in [0.1, 0.15) is 23.9 Å². The van der Waals surface area contributed by atoms with Crippen molar-refractivity contribution < 1.29 is 19.0 Å². The van der Waals surface area contributed by atoms with E-state index in [-0.39, 0.29) is 5.91 Å². The average molecular weight is 369 g/mol. The van der Waals surface area contributed by atoms with E-state index in [1.54, 1.807) is 32.4 Å². The molecule has 2 aromatic carbocycles. The fraction of sp³-hybridized carbons (Fsp3) is 0.250. The van der Waals surface area contributed by atoms with Crippen molar-refractivity contribution in [3.63, 3.8) is 0 Å². The van der Waals surface area contributed by atoms with Gasteiger partial charge in [-0.05, 0) is 36.4 Å². The molecule has 7 nitrogen and oxygen atoms in total. The Balaban J connectivity index is 1.73. The Morgan fingerprint density at radius 2 is 1.81 bits per heavy atom. The summed E-state index contributed by atoms with van der Waals surface area (Å²) in [4.78, 5) is 15.9. The second kappa shape index (κ2) is 8.46. The third-order valence-electron chi connectivity index (χ3n) is 4.13. The summed E-state index contributed by atoms with van der Waals surface area (Å²) in [5, 5.41) is 3.93. The summed E-state index contributed by atoms with van der Waals surface area (Å²) in [6.45, 7) is 1.03. The molecule has 0 aliphatic rings. The van der Waals surface area contributed by atoms with Gasteiger partial charge in [-0.2, -0.15) is 0 Å². The van der Waals surface area contributed by atoms with Gasteiger partial charge in [0, 0.05) is 29.2 Å². The van der Waals surface area contributed by atoms with Crippen LogP contribution >= 0.6 is 0 Å². The molecule has 0 unspecified atom stereocenters. The second-order valence-corrected chi connectivity index (χ2v) is 5.93. The molecule has 142 valence electrons. The van der Waals surface area contributed by atoms with Crippen LogP contribution < -0.4 is 25.3 Å². The molecule has 3 aromatic rings. The second-order valence-electron chi connectivity index (χ2n) is 5.93. The van der Waals surface area contributed by atoms with Crippen molar-refractivity contribution >= 4 is 16.8 Å². The number of carbonyl (C=O) groups excluding carboxylic acids is 1. The van der Waals surface area contributed by atoms with Crippen LogP contribution in [0.25, 0.3) is 10.9 Å². The van der Waals surface area contributed by atoms with Crippen LogP contribution in [0.15, 0.2) is 42.5 Å². The van der Waals surface area contributed by atoms with Gasteiger partial charge in [0.25, 0.3) is 5.91 Å². The number of methoxy groups -OCH3 is 2. The van der Waals surface area contributed by atoms with Gasteiger partial charge < -0.3 is 30.2 Å². The maximum Gasteiger partial charge on any atom is 0.255 e. The molecule has 0 saturated carbocycles. The van der Waals surface area contributed by atoms with Crippen molar-refractivity contribution in [2.24, 2.45) is 5.73 Å². The number of aromatic nitrogens is 1. The van der Waals surface area contributed by atoms with Gasteiger partial charge in [-0.15, -0.1) is 0 Å². The van der Waals surface area contributed by atoms with Crippen LogP contribution in [-0.2, 0) is 6.54 Å². The lowest BCUT2D eigenvalue weighted by molar-refractivity contribution is 0.0946.